The first-order valence-electron chi connectivity index (χ1n) is 11.1. The van der Waals surface area contributed by atoms with Crippen molar-refractivity contribution in [2.45, 2.75) is 64.3 Å². The van der Waals surface area contributed by atoms with E-state index in [1.807, 2.05) is 0 Å². The molecule has 0 aromatic carbocycles. The van der Waals surface area contributed by atoms with Crippen LogP contribution in [0.4, 0.5) is 0 Å². The second kappa shape index (κ2) is 10.1. The minimum atomic E-state index is -0.116. The lowest BCUT2D eigenvalue weighted by atomic mass is 9.77. The van der Waals surface area contributed by atoms with E-state index in [1.54, 1.807) is 17.3 Å². The first-order valence-corrected chi connectivity index (χ1v) is 11.1. The molecule has 160 valence electrons. The molecule has 2 fully saturated rings. The highest BCUT2D eigenvalue weighted by Gasteiger charge is 2.40. The van der Waals surface area contributed by atoms with Crippen molar-refractivity contribution in [2.75, 3.05) is 32.7 Å². The van der Waals surface area contributed by atoms with Crippen LogP contribution < -0.4 is 5.32 Å². The average Bonchev–Trinajstić information content (AvgIpc) is 2.74. The van der Waals surface area contributed by atoms with E-state index in [2.05, 4.69) is 34.0 Å². The number of carbonyl (C=O) groups excluding carboxylic acids is 2. The van der Waals surface area contributed by atoms with Gasteiger partial charge in [0.05, 0.1) is 6.20 Å². The van der Waals surface area contributed by atoms with Gasteiger partial charge in [0.15, 0.2) is 0 Å². The molecule has 2 amide bonds. The molecule has 7 heteroatoms. The van der Waals surface area contributed by atoms with Gasteiger partial charge in [0.2, 0.25) is 5.91 Å². The van der Waals surface area contributed by atoms with Gasteiger partial charge in [0.25, 0.3) is 5.91 Å². The fourth-order valence-corrected chi connectivity index (χ4v) is 4.81. The summed E-state index contributed by atoms with van der Waals surface area (Å²) in [7, 11) is 0. The van der Waals surface area contributed by atoms with Crippen LogP contribution in [-0.2, 0) is 4.79 Å². The summed E-state index contributed by atoms with van der Waals surface area (Å²) < 4.78 is 0. The Bertz CT molecular complexity index is 673. The summed E-state index contributed by atoms with van der Waals surface area (Å²) in [5, 5.41) is 3.07. The van der Waals surface area contributed by atoms with Gasteiger partial charge in [-0.05, 0) is 25.2 Å². The van der Waals surface area contributed by atoms with Gasteiger partial charge in [0, 0.05) is 57.1 Å². The van der Waals surface area contributed by atoms with Gasteiger partial charge >= 0.3 is 0 Å². The lowest BCUT2D eigenvalue weighted by Gasteiger charge is -2.47. The van der Waals surface area contributed by atoms with E-state index in [-0.39, 0.29) is 17.4 Å². The van der Waals surface area contributed by atoms with Crippen molar-refractivity contribution in [3.8, 4) is 0 Å². The van der Waals surface area contributed by atoms with E-state index in [0.29, 0.717) is 37.7 Å². The molecule has 2 aliphatic rings. The normalized spacial score (nSPS) is 21.6. The van der Waals surface area contributed by atoms with Gasteiger partial charge in [-0.3, -0.25) is 19.5 Å². The van der Waals surface area contributed by atoms with E-state index in [4.69, 9.17) is 0 Å². The number of carbonyl (C=O) groups is 2. The highest BCUT2D eigenvalue weighted by molar-refractivity contribution is 5.92. The number of hydrogen-bond acceptors (Lipinski definition) is 5. The maximum atomic E-state index is 12.9. The van der Waals surface area contributed by atoms with E-state index >= 15 is 0 Å². The van der Waals surface area contributed by atoms with E-state index in [9.17, 15) is 9.59 Å². The number of aromatic nitrogens is 2. The van der Waals surface area contributed by atoms with Crippen molar-refractivity contribution in [3.63, 3.8) is 0 Å². The molecule has 0 unspecified atom stereocenters. The predicted octanol–water partition coefficient (Wildman–Crippen LogP) is 2.49. The van der Waals surface area contributed by atoms with Gasteiger partial charge in [-0.2, -0.15) is 0 Å². The summed E-state index contributed by atoms with van der Waals surface area (Å²) in [6, 6.07) is 0. The van der Waals surface area contributed by atoms with Crippen LogP contribution in [0.1, 0.15) is 69.3 Å². The zero-order chi connectivity index (χ0) is 20.7. The third-order valence-electron chi connectivity index (χ3n) is 6.16. The fourth-order valence-electron chi connectivity index (χ4n) is 4.81. The number of nitrogens with one attached hydrogen (secondary N) is 1. The molecule has 1 saturated heterocycles. The predicted molar refractivity (Wildman–Crippen MR) is 112 cm³/mol. The molecular formula is C22H35N5O2. The standard InChI is InChI=1S/C22H35N5O2/c1-18(2)17-27-13-6-12-26(21(29)19-16-23-9-10-24-19)14-11-25-20(28)15-22(27)7-4-3-5-8-22/h9-10,16,18H,3-8,11-15,17H2,1-2H3,(H,25,28). The summed E-state index contributed by atoms with van der Waals surface area (Å²) in [4.78, 5) is 38.2. The van der Waals surface area contributed by atoms with Gasteiger partial charge in [0.1, 0.15) is 5.69 Å². The topological polar surface area (TPSA) is 78.4 Å². The Labute approximate surface area is 174 Å². The first kappa shape index (κ1) is 21.7. The molecule has 1 aliphatic heterocycles. The van der Waals surface area contributed by atoms with Crippen LogP contribution >= 0.6 is 0 Å². The average molecular weight is 402 g/mol. The molecule has 2 heterocycles. The molecule has 0 radical (unpaired) electrons. The fraction of sp³-hybridized carbons (Fsp3) is 0.727. The van der Waals surface area contributed by atoms with Crippen molar-refractivity contribution < 1.29 is 9.59 Å². The smallest absolute Gasteiger partial charge is 0.274 e. The van der Waals surface area contributed by atoms with Crippen LogP contribution in [0.3, 0.4) is 0 Å². The Morgan fingerprint density at radius 1 is 1.14 bits per heavy atom. The Hall–Kier alpha value is -2.02. The second-order valence-electron chi connectivity index (χ2n) is 8.89. The Morgan fingerprint density at radius 3 is 2.62 bits per heavy atom. The quantitative estimate of drug-likeness (QED) is 0.842. The van der Waals surface area contributed by atoms with Crippen molar-refractivity contribution in [2.24, 2.45) is 5.92 Å². The second-order valence-corrected chi connectivity index (χ2v) is 8.89. The molecule has 1 aromatic heterocycles. The molecule has 1 aliphatic carbocycles. The molecule has 29 heavy (non-hydrogen) atoms. The van der Waals surface area contributed by atoms with Gasteiger partial charge in [-0.25, -0.2) is 4.98 Å². The summed E-state index contributed by atoms with van der Waals surface area (Å²) in [6.45, 7) is 8.03. The van der Waals surface area contributed by atoms with Crippen molar-refractivity contribution in [1.82, 2.24) is 25.1 Å². The van der Waals surface area contributed by atoms with Gasteiger partial charge in [-0.1, -0.05) is 33.1 Å². The molecule has 1 aromatic rings. The number of amides is 2. The summed E-state index contributed by atoms with van der Waals surface area (Å²) in [5.41, 5.74) is 0.327. The Morgan fingerprint density at radius 2 is 1.93 bits per heavy atom. The van der Waals surface area contributed by atoms with E-state index in [0.717, 1.165) is 32.4 Å². The number of hydrogen-bond donors (Lipinski definition) is 1. The van der Waals surface area contributed by atoms with Crippen molar-refractivity contribution in [1.29, 1.82) is 0 Å². The molecule has 0 bridgehead atoms. The zero-order valence-electron chi connectivity index (χ0n) is 17.9. The first-order chi connectivity index (χ1) is 14.0. The van der Waals surface area contributed by atoms with Gasteiger partial charge in [-0.15, -0.1) is 0 Å². The minimum Gasteiger partial charge on any atom is -0.354 e. The maximum absolute atomic E-state index is 12.9. The van der Waals surface area contributed by atoms with Crippen LogP contribution in [0.15, 0.2) is 18.6 Å². The lowest BCUT2D eigenvalue weighted by molar-refractivity contribution is -0.125. The highest BCUT2D eigenvalue weighted by atomic mass is 16.2. The summed E-state index contributed by atoms with van der Waals surface area (Å²) >= 11 is 0. The van der Waals surface area contributed by atoms with Crippen LogP contribution in [0.25, 0.3) is 0 Å². The SMILES string of the molecule is CC(C)CN1CCCN(C(=O)c2cnccn2)CCNC(=O)CC12CCCCC2. The van der Waals surface area contributed by atoms with Crippen LogP contribution in [0.5, 0.6) is 0 Å². The third kappa shape index (κ3) is 5.75. The molecule has 1 spiro atoms. The molecule has 1 saturated carbocycles. The number of rotatable bonds is 3. The monoisotopic (exact) mass is 401 g/mol. The zero-order valence-corrected chi connectivity index (χ0v) is 17.9. The molecule has 7 nitrogen and oxygen atoms in total. The van der Waals surface area contributed by atoms with Gasteiger partial charge < -0.3 is 10.2 Å². The molecule has 1 N–H and O–H groups in total. The number of nitrogens with zero attached hydrogens (tertiary/aromatic N) is 4. The van der Waals surface area contributed by atoms with Crippen LogP contribution in [0.2, 0.25) is 0 Å². The highest BCUT2D eigenvalue weighted by Crippen LogP contribution is 2.37. The molecule has 0 atom stereocenters. The van der Waals surface area contributed by atoms with E-state index < -0.39 is 0 Å². The third-order valence-corrected chi connectivity index (χ3v) is 6.16. The summed E-state index contributed by atoms with van der Waals surface area (Å²) in [5.74, 6) is 0.531. The van der Waals surface area contributed by atoms with Crippen molar-refractivity contribution >= 4 is 11.8 Å². The summed E-state index contributed by atoms with van der Waals surface area (Å²) in [6.07, 6.45) is 11.9. The molecular weight excluding hydrogens is 366 g/mol. The Balaban J connectivity index is 1.77. The van der Waals surface area contributed by atoms with E-state index in [1.165, 1.54) is 25.5 Å². The lowest BCUT2D eigenvalue weighted by Crippen LogP contribution is -2.54. The Kier molecular flexibility index (Phi) is 7.58. The minimum absolute atomic E-state index is 0.0311. The van der Waals surface area contributed by atoms with Crippen LogP contribution in [0, 0.1) is 5.92 Å². The maximum Gasteiger partial charge on any atom is 0.274 e. The van der Waals surface area contributed by atoms with Crippen LogP contribution in [-0.4, -0.2) is 69.8 Å². The molecule has 3 rings (SSSR count). The largest absolute Gasteiger partial charge is 0.354 e. The van der Waals surface area contributed by atoms with Crippen molar-refractivity contribution in [3.05, 3.63) is 24.3 Å².